The highest BCUT2D eigenvalue weighted by molar-refractivity contribution is 7.81. The van der Waals surface area contributed by atoms with Gasteiger partial charge in [-0.05, 0) is 24.9 Å². The van der Waals surface area contributed by atoms with E-state index in [2.05, 4.69) is 20.1 Å². The molecule has 1 rings (SSSR count). The highest BCUT2D eigenvalue weighted by Gasteiger charge is 2.13. The first-order chi connectivity index (χ1) is 11.0. The molecule has 0 aliphatic carbocycles. The highest BCUT2D eigenvalue weighted by Crippen LogP contribution is 2.29. The first-order valence-electron chi connectivity index (χ1n) is 6.27. The van der Waals surface area contributed by atoms with Gasteiger partial charge in [0.25, 0.3) is 0 Å². The predicted octanol–water partition coefficient (Wildman–Crippen LogP) is 1.12. The molecule has 10 nitrogen and oxygen atoms in total. The van der Waals surface area contributed by atoms with Crippen molar-refractivity contribution in [3.05, 3.63) is 23.2 Å². The van der Waals surface area contributed by atoms with E-state index in [1.165, 1.54) is 11.0 Å². The van der Waals surface area contributed by atoms with Crippen LogP contribution in [0.15, 0.2) is 23.2 Å². The lowest BCUT2D eigenvalue weighted by molar-refractivity contribution is 0.261. The summed E-state index contributed by atoms with van der Waals surface area (Å²) in [6.07, 6.45) is 0. The second kappa shape index (κ2) is 8.71. The molecule has 0 bridgehead atoms. The lowest BCUT2D eigenvalue weighted by atomic mass is 10.2. The van der Waals surface area contributed by atoms with E-state index in [-0.39, 0.29) is 18.1 Å². The summed E-state index contributed by atoms with van der Waals surface area (Å²) in [7, 11) is -9.22. The molecule has 0 amide bonds. The second-order valence-corrected chi connectivity index (χ2v) is 6.87. The van der Waals surface area contributed by atoms with Crippen LogP contribution in [0.5, 0.6) is 0 Å². The Labute approximate surface area is 144 Å². The van der Waals surface area contributed by atoms with Gasteiger partial charge < -0.3 is 4.90 Å². The van der Waals surface area contributed by atoms with Crippen molar-refractivity contribution in [2.24, 2.45) is 4.99 Å². The standard InChI is InChI=1S/C11H15ClN2O8S2/c1-13-11-3-2-9(8-10(11)12)14(4-6-21-23(15,16)17)5-7-22-24(18,19)20/h2-3,8H,1,4-7H2,(H,15,16,17)(H,18,19,20). The maximum absolute atomic E-state index is 10.6. The Kier molecular flexibility index (Phi) is 7.54. The third kappa shape index (κ3) is 8.01. The number of hydrogen-bond acceptors (Lipinski definition) is 8. The number of halogens is 1. The Balaban J connectivity index is 2.86. The van der Waals surface area contributed by atoms with Crippen LogP contribution in [0, 0.1) is 0 Å². The first kappa shape index (κ1) is 20.8. The predicted molar refractivity (Wildman–Crippen MR) is 87.9 cm³/mol. The topological polar surface area (TPSA) is 143 Å². The van der Waals surface area contributed by atoms with Gasteiger partial charge in [-0.1, -0.05) is 11.6 Å². The van der Waals surface area contributed by atoms with Gasteiger partial charge >= 0.3 is 20.8 Å². The van der Waals surface area contributed by atoms with Crippen LogP contribution in [0.4, 0.5) is 11.4 Å². The molecule has 136 valence electrons. The normalized spacial score (nSPS) is 12.1. The fraction of sp³-hybridized carbons (Fsp3) is 0.364. The van der Waals surface area contributed by atoms with Crippen molar-refractivity contribution in [3.8, 4) is 0 Å². The molecule has 0 fully saturated rings. The van der Waals surface area contributed by atoms with Crippen LogP contribution in [-0.4, -0.2) is 59.0 Å². The molecule has 0 atom stereocenters. The van der Waals surface area contributed by atoms with Crippen molar-refractivity contribution >= 4 is 50.5 Å². The minimum Gasteiger partial charge on any atom is -0.367 e. The van der Waals surface area contributed by atoms with Gasteiger partial charge in [0.05, 0.1) is 23.9 Å². The molecule has 0 aromatic heterocycles. The zero-order valence-electron chi connectivity index (χ0n) is 12.2. The lowest BCUT2D eigenvalue weighted by Gasteiger charge is -2.24. The van der Waals surface area contributed by atoms with Gasteiger partial charge in [-0.3, -0.25) is 14.1 Å². The largest absolute Gasteiger partial charge is 0.397 e. The van der Waals surface area contributed by atoms with Crippen molar-refractivity contribution in [1.29, 1.82) is 0 Å². The number of rotatable bonds is 10. The van der Waals surface area contributed by atoms with Crippen LogP contribution >= 0.6 is 11.6 Å². The quantitative estimate of drug-likeness (QED) is 0.434. The van der Waals surface area contributed by atoms with Crippen LogP contribution in [-0.2, 0) is 29.2 Å². The SMILES string of the molecule is C=Nc1ccc(N(CCOS(=O)(=O)O)CCOS(=O)(=O)O)cc1Cl. The molecule has 13 heteroatoms. The number of benzene rings is 1. The summed E-state index contributed by atoms with van der Waals surface area (Å²) in [6.45, 7) is 2.42. The van der Waals surface area contributed by atoms with Gasteiger partial charge in [0, 0.05) is 18.8 Å². The lowest BCUT2D eigenvalue weighted by Crippen LogP contribution is -2.32. The molecule has 1 aromatic carbocycles. The molecule has 0 unspecified atom stereocenters. The Bertz CT molecular complexity index is 743. The van der Waals surface area contributed by atoms with E-state index >= 15 is 0 Å². The van der Waals surface area contributed by atoms with Gasteiger partial charge in [0.2, 0.25) is 0 Å². The number of nitrogens with zero attached hydrogens (tertiary/aromatic N) is 2. The van der Waals surface area contributed by atoms with Gasteiger partial charge in [0.15, 0.2) is 0 Å². The number of anilines is 1. The molecule has 0 saturated carbocycles. The third-order valence-corrected chi connectivity index (χ3v) is 3.89. The van der Waals surface area contributed by atoms with Gasteiger partial charge in [-0.15, -0.1) is 0 Å². The van der Waals surface area contributed by atoms with E-state index in [9.17, 15) is 16.8 Å². The molecule has 0 heterocycles. The number of aliphatic imine (C=N–C) groups is 1. The molecule has 1 aromatic rings. The molecular weight excluding hydrogens is 388 g/mol. The van der Waals surface area contributed by atoms with Crippen LogP contribution in [0.3, 0.4) is 0 Å². The van der Waals surface area contributed by atoms with Crippen molar-refractivity contribution < 1.29 is 34.3 Å². The smallest absolute Gasteiger partial charge is 0.367 e. The van der Waals surface area contributed by atoms with E-state index in [4.69, 9.17) is 20.7 Å². The van der Waals surface area contributed by atoms with Crippen molar-refractivity contribution in [2.45, 2.75) is 0 Å². The van der Waals surface area contributed by atoms with Gasteiger partial charge in [-0.2, -0.15) is 16.8 Å². The fourth-order valence-corrected chi connectivity index (χ4v) is 2.50. The zero-order chi connectivity index (χ0) is 18.4. The maximum Gasteiger partial charge on any atom is 0.397 e. The fourth-order valence-electron chi connectivity index (χ4n) is 1.70. The summed E-state index contributed by atoms with van der Waals surface area (Å²) < 4.78 is 67.8. The Morgan fingerprint density at radius 3 is 1.96 bits per heavy atom. The minimum absolute atomic E-state index is 0.0498. The molecule has 0 aliphatic heterocycles. The van der Waals surface area contributed by atoms with Gasteiger partial charge in [-0.25, -0.2) is 8.37 Å². The summed E-state index contributed by atoms with van der Waals surface area (Å²) in [5.74, 6) is 0. The monoisotopic (exact) mass is 402 g/mol. The second-order valence-electron chi connectivity index (χ2n) is 4.28. The highest BCUT2D eigenvalue weighted by atomic mass is 35.5. The number of hydrogen-bond donors (Lipinski definition) is 2. The van der Waals surface area contributed by atoms with E-state index in [0.29, 0.717) is 11.4 Å². The summed E-state index contributed by atoms with van der Waals surface area (Å²) in [6, 6.07) is 4.62. The van der Waals surface area contributed by atoms with E-state index in [0.717, 1.165) is 0 Å². The molecule has 0 radical (unpaired) electrons. The molecule has 0 saturated heterocycles. The molecule has 24 heavy (non-hydrogen) atoms. The third-order valence-electron chi connectivity index (χ3n) is 2.65. The van der Waals surface area contributed by atoms with Crippen molar-refractivity contribution in [1.82, 2.24) is 0 Å². The summed E-state index contributed by atoms with van der Waals surface area (Å²) in [5, 5.41) is 0.263. The summed E-state index contributed by atoms with van der Waals surface area (Å²) in [5.41, 5.74) is 0.897. The molecule has 0 spiro atoms. The van der Waals surface area contributed by atoms with Crippen molar-refractivity contribution in [2.75, 3.05) is 31.2 Å². The van der Waals surface area contributed by atoms with E-state index in [1.54, 1.807) is 12.1 Å². The van der Waals surface area contributed by atoms with Crippen LogP contribution in [0.1, 0.15) is 0 Å². The Morgan fingerprint density at radius 1 is 1.08 bits per heavy atom. The van der Waals surface area contributed by atoms with Crippen LogP contribution < -0.4 is 4.90 Å². The summed E-state index contributed by atoms with van der Waals surface area (Å²) in [4.78, 5) is 5.15. The van der Waals surface area contributed by atoms with E-state index < -0.39 is 34.0 Å². The summed E-state index contributed by atoms with van der Waals surface area (Å²) >= 11 is 5.99. The van der Waals surface area contributed by atoms with E-state index in [1.807, 2.05) is 0 Å². The minimum atomic E-state index is -4.61. The van der Waals surface area contributed by atoms with Crippen LogP contribution in [0.25, 0.3) is 0 Å². The molecular formula is C11H15ClN2O8S2. The Morgan fingerprint density at radius 2 is 1.58 bits per heavy atom. The maximum atomic E-state index is 10.6. The average Bonchev–Trinajstić information content (AvgIpc) is 2.43. The molecule has 2 N–H and O–H groups in total. The van der Waals surface area contributed by atoms with Gasteiger partial charge in [0.1, 0.15) is 0 Å². The molecule has 0 aliphatic rings. The first-order valence-corrected chi connectivity index (χ1v) is 9.37. The Hall–Kier alpha value is -1.28. The zero-order valence-corrected chi connectivity index (χ0v) is 14.6. The van der Waals surface area contributed by atoms with Crippen molar-refractivity contribution in [3.63, 3.8) is 0 Å². The van der Waals surface area contributed by atoms with Crippen LogP contribution in [0.2, 0.25) is 5.02 Å². The average molecular weight is 403 g/mol.